The van der Waals surface area contributed by atoms with Crippen LogP contribution < -0.4 is 5.32 Å². The molecule has 1 heterocycles. The van der Waals surface area contributed by atoms with E-state index in [0.717, 1.165) is 25.7 Å². The molecule has 2 atom stereocenters. The van der Waals surface area contributed by atoms with Crippen molar-refractivity contribution in [3.05, 3.63) is 29.3 Å². The second-order valence-electron chi connectivity index (χ2n) is 7.02. The Morgan fingerprint density at radius 1 is 1.12 bits per heavy atom. The number of likely N-dealkylation sites (tertiary alicyclic amines) is 1. The number of hydrogen-bond donors (Lipinski definition) is 1. The van der Waals surface area contributed by atoms with Crippen LogP contribution in [0.1, 0.15) is 45.4 Å². The van der Waals surface area contributed by atoms with Crippen LogP contribution >= 0.6 is 11.6 Å². The molecule has 1 aliphatic carbocycles. The quantitative estimate of drug-likeness (QED) is 0.890. The van der Waals surface area contributed by atoms with Crippen molar-refractivity contribution >= 4 is 29.1 Å². The lowest BCUT2D eigenvalue weighted by atomic mass is 9.91. The molecule has 1 unspecified atom stereocenters. The highest BCUT2D eigenvalue weighted by atomic mass is 35.5. The van der Waals surface area contributed by atoms with Gasteiger partial charge in [-0.25, -0.2) is 0 Å². The van der Waals surface area contributed by atoms with Crippen molar-refractivity contribution in [2.75, 3.05) is 11.9 Å². The van der Waals surface area contributed by atoms with Gasteiger partial charge in [-0.2, -0.15) is 0 Å². The third-order valence-corrected chi connectivity index (χ3v) is 5.70. The van der Waals surface area contributed by atoms with E-state index in [0.29, 0.717) is 23.2 Å². The molecule has 5 heteroatoms. The van der Waals surface area contributed by atoms with Crippen LogP contribution in [0.25, 0.3) is 0 Å². The summed E-state index contributed by atoms with van der Waals surface area (Å²) in [5.74, 6) is 0.562. The fourth-order valence-electron chi connectivity index (χ4n) is 3.98. The minimum absolute atomic E-state index is 0.0245. The minimum Gasteiger partial charge on any atom is -0.330 e. The Bertz CT molecular complexity index is 596. The summed E-state index contributed by atoms with van der Waals surface area (Å²) in [6.45, 7) is 2.72. The summed E-state index contributed by atoms with van der Waals surface area (Å²) in [6, 6.07) is 6.70. The monoisotopic (exact) mass is 348 g/mol. The molecule has 3 rings (SSSR count). The van der Waals surface area contributed by atoms with E-state index in [1.165, 1.54) is 12.8 Å². The summed E-state index contributed by atoms with van der Waals surface area (Å²) in [7, 11) is 0. The smallest absolute Gasteiger partial charge is 0.247 e. The SMILES string of the molecule is CC(C(=O)N1CCC[C@H]1C(=O)Nc1ccc(Cl)cc1)C1CCCC1. The third kappa shape index (κ3) is 3.75. The molecule has 130 valence electrons. The number of carbonyl (C=O) groups excluding carboxylic acids is 2. The van der Waals surface area contributed by atoms with Crippen LogP contribution in [0.2, 0.25) is 5.02 Å². The van der Waals surface area contributed by atoms with Gasteiger partial charge in [0.1, 0.15) is 6.04 Å². The molecule has 1 aromatic carbocycles. The van der Waals surface area contributed by atoms with Crippen molar-refractivity contribution in [2.45, 2.75) is 51.5 Å². The largest absolute Gasteiger partial charge is 0.330 e. The van der Waals surface area contributed by atoms with Gasteiger partial charge in [-0.15, -0.1) is 0 Å². The fourth-order valence-corrected chi connectivity index (χ4v) is 4.11. The summed E-state index contributed by atoms with van der Waals surface area (Å²) in [5.41, 5.74) is 0.715. The predicted octanol–water partition coefficient (Wildman–Crippen LogP) is 4.10. The van der Waals surface area contributed by atoms with Crippen LogP contribution in [0.4, 0.5) is 5.69 Å². The molecule has 2 amide bonds. The molecular formula is C19H25ClN2O2. The molecule has 4 nitrogen and oxygen atoms in total. The number of halogens is 1. The van der Waals surface area contributed by atoms with E-state index in [2.05, 4.69) is 5.32 Å². The second-order valence-corrected chi connectivity index (χ2v) is 7.46. The van der Waals surface area contributed by atoms with E-state index in [1.807, 2.05) is 6.92 Å². The first-order chi connectivity index (χ1) is 11.6. The van der Waals surface area contributed by atoms with Gasteiger partial charge in [0.05, 0.1) is 0 Å². The zero-order valence-corrected chi connectivity index (χ0v) is 14.9. The number of amides is 2. The maximum atomic E-state index is 12.9. The zero-order chi connectivity index (χ0) is 17.1. The van der Waals surface area contributed by atoms with Crippen LogP contribution in [-0.4, -0.2) is 29.3 Å². The summed E-state index contributed by atoms with van der Waals surface area (Å²) in [4.78, 5) is 27.3. The van der Waals surface area contributed by atoms with E-state index in [4.69, 9.17) is 11.6 Å². The Morgan fingerprint density at radius 2 is 1.79 bits per heavy atom. The number of carbonyl (C=O) groups is 2. The highest BCUT2D eigenvalue weighted by Gasteiger charge is 2.38. The van der Waals surface area contributed by atoms with Crippen molar-refractivity contribution in [1.82, 2.24) is 4.90 Å². The molecule has 24 heavy (non-hydrogen) atoms. The van der Waals surface area contributed by atoms with Gasteiger partial charge < -0.3 is 10.2 Å². The molecule has 0 spiro atoms. The van der Waals surface area contributed by atoms with Crippen molar-refractivity contribution in [2.24, 2.45) is 11.8 Å². The first kappa shape index (κ1) is 17.3. The molecule has 1 aliphatic heterocycles. The second kappa shape index (κ2) is 7.56. The first-order valence-electron chi connectivity index (χ1n) is 8.93. The predicted molar refractivity (Wildman–Crippen MR) is 95.9 cm³/mol. The third-order valence-electron chi connectivity index (χ3n) is 5.45. The number of rotatable bonds is 4. The summed E-state index contributed by atoms with van der Waals surface area (Å²) in [5, 5.41) is 3.55. The van der Waals surface area contributed by atoms with Crippen molar-refractivity contribution in [3.63, 3.8) is 0 Å². The molecule has 1 aromatic rings. The van der Waals surface area contributed by atoms with Crippen molar-refractivity contribution < 1.29 is 9.59 Å². The first-order valence-corrected chi connectivity index (χ1v) is 9.31. The van der Waals surface area contributed by atoms with E-state index in [9.17, 15) is 9.59 Å². The van der Waals surface area contributed by atoms with Crippen molar-refractivity contribution in [3.8, 4) is 0 Å². The maximum Gasteiger partial charge on any atom is 0.247 e. The van der Waals surface area contributed by atoms with Crippen molar-refractivity contribution in [1.29, 1.82) is 0 Å². The molecule has 2 aliphatic rings. The van der Waals surface area contributed by atoms with Gasteiger partial charge in [0.25, 0.3) is 0 Å². The molecule has 1 saturated heterocycles. The van der Waals surface area contributed by atoms with Gasteiger partial charge >= 0.3 is 0 Å². The van der Waals surface area contributed by atoms with Crippen LogP contribution in [-0.2, 0) is 9.59 Å². The average molecular weight is 349 g/mol. The molecule has 0 bridgehead atoms. The average Bonchev–Trinajstić information content (AvgIpc) is 3.27. The van der Waals surface area contributed by atoms with Crippen LogP contribution in [0, 0.1) is 11.8 Å². The number of nitrogens with zero attached hydrogens (tertiary/aromatic N) is 1. The summed E-state index contributed by atoms with van der Waals surface area (Å²) < 4.78 is 0. The number of anilines is 1. The van der Waals surface area contributed by atoms with Gasteiger partial charge in [-0.05, 0) is 55.9 Å². The summed E-state index contributed by atoms with van der Waals surface area (Å²) >= 11 is 5.87. The van der Waals surface area contributed by atoms with Gasteiger partial charge in [0.2, 0.25) is 11.8 Å². The van der Waals surface area contributed by atoms with Crippen LogP contribution in [0.15, 0.2) is 24.3 Å². The highest BCUT2D eigenvalue weighted by Crippen LogP contribution is 2.33. The lowest BCUT2D eigenvalue weighted by molar-refractivity contribution is -0.141. The minimum atomic E-state index is -0.350. The Hall–Kier alpha value is -1.55. The van der Waals surface area contributed by atoms with Gasteiger partial charge in [-0.3, -0.25) is 9.59 Å². The fraction of sp³-hybridized carbons (Fsp3) is 0.579. The molecule has 2 fully saturated rings. The van der Waals surface area contributed by atoms with Gasteiger partial charge in [-0.1, -0.05) is 31.4 Å². The Labute approximate surface area is 148 Å². The maximum absolute atomic E-state index is 12.9. The number of benzene rings is 1. The lowest BCUT2D eigenvalue weighted by Crippen LogP contribution is -2.46. The highest BCUT2D eigenvalue weighted by molar-refractivity contribution is 6.30. The standard InChI is InChI=1S/C19H25ClN2O2/c1-13(14-5-2-3-6-14)19(24)22-12-4-7-17(22)18(23)21-16-10-8-15(20)9-11-16/h8-11,13-14,17H,2-7,12H2,1H3,(H,21,23)/t13?,17-/m0/s1. The lowest BCUT2D eigenvalue weighted by Gasteiger charge is -2.29. The van der Waals surface area contributed by atoms with E-state index in [1.54, 1.807) is 29.2 Å². The molecule has 1 saturated carbocycles. The Morgan fingerprint density at radius 3 is 2.46 bits per heavy atom. The molecular weight excluding hydrogens is 324 g/mol. The van der Waals surface area contributed by atoms with Gasteiger partial charge in [0, 0.05) is 23.2 Å². The Balaban J connectivity index is 1.64. The molecule has 0 aromatic heterocycles. The Kier molecular flexibility index (Phi) is 5.44. The van der Waals surface area contributed by atoms with Crippen LogP contribution in [0.5, 0.6) is 0 Å². The molecule has 0 radical (unpaired) electrons. The van der Waals surface area contributed by atoms with E-state index < -0.39 is 0 Å². The van der Waals surface area contributed by atoms with Crippen LogP contribution in [0.3, 0.4) is 0 Å². The normalized spacial score (nSPS) is 22.6. The molecule has 1 N–H and O–H groups in total. The van der Waals surface area contributed by atoms with Gasteiger partial charge in [0.15, 0.2) is 0 Å². The van der Waals surface area contributed by atoms with E-state index in [-0.39, 0.29) is 23.8 Å². The number of hydrogen-bond acceptors (Lipinski definition) is 2. The topological polar surface area (TPSA) is 49.4 Å². The zero-order valence-electron chi connectivity index (χ0n) is 14.1. The number of nitrogens with one attached hydrogen (secondary N) is 1. The van der Waals surface area contributed by atoms with E-state index >= 15 is 0 Å². The summed E-state index contributed by atoms with van der Waals surface area (Å²) in [6.07, 6.45) is 6.36.